The molecule has 0 saturated carbocycles. The Morgan fingerprint density at radius 1 is 1.44 bits per heavy atom. The lowest BCUT2D eigenvalue weighted by Crippen LogP contribution is -2.37. The van der Waals surface area contributed by atoms with Crippen LogP contribution >= 0.6 is 15.9 Å². The number of halogens is 3. The number of rotatable bonds is 3. The Morgan fingerprint density at radius 3 is 2.62 bits per heavy atom. The molecule has 1 aromatic rings. The highest BCUT2D eigenvalue weighted by Gasteiger charge is 2.17. The molecule has 0 radical (unpaired) electrons. The van der Waals surface area contributed by atoms with E-state index < -0.39 is 17.2 Å². The van der Waals surface area contributed by atoms with Crippen molar-refractivity contribution >= 4 is 15.9 Å². The standard InChI is InChI=1S/C12H12BrF2N/c1-4-12(2,3)16-7-8-10(14)6-5-9(13)11(8)15/h1,5-6,16H,7H2,2-3H3. The maximum absolute atomic E-state index is 13.6. The third-order valence-corrected chi connectivity index (χ3v) is 2.82. The minimum Gasteiger partial charge on any atom is -0.297 e. The van der Waals surface area contributed by atoms with Crippen molar-refractivity contribution in [1.29, 1.82) is 0 Å². The maximum atomic E-state index is 13.6. The van der Waals surface area contributed by atoms with Crippen LogP contribution in [0, 0.1) is 24.0 Å². The van der Waals surface area contributed by atoms with Gasteiger partial charge < -0.3 is 0 Å². The van der Waals surface area contributed by atoms with Gasteiger partial charge in [0.2, 0.25) is 0 Å². The van der Waals surface area contributed by atoms with Crippen molar-refractivity contribution in [2.75, 3.05) is 0 Å². The zero-order chi connectivity index (χ0) is 12.3. The first-order valence-corrected chi connectivity index (χ1v) is 5.52. The quantitative estimate of drug-likeness (QED) is 0.665. The van der Waals surface area contributed by atoms with Crippen LogP contribution in [-0.2, 0) is 6.54 Å². The normalized spacial score (nSPS) is 11.2. The molecule has 0 amide bonds. The molecule has 16 heavy (non-hydrogen) atoms. The monoisotopic (exact) mass is 287 g/mol. The van der Waals surface area contributed by atoms with Crippen molar-refractivity contribution in [2.45, 2.75) is 25.9 Å². The first kappa shape index (κ1) is 13.1. The number of hydrogen-bond acceptors (Lipinski definition) is 1. The molecule has 0 saturated heterocycles. The SMILES string of the molecule is C#CC(C)(C)NCc1c(F)ccc(Br)c1F. The summed E-state index contributed by atoms with van der Waals surface area (Å²) >= 11 is 3.01. The highest BCUT2D eigenvalue weighted by Crippen LogP contribution is 2.21. The van der Waals surface area contributed by atoms with Gasteiger partial charge in [-0.25, -0.2) is 8.78 Å². The number of hydrogen-bond donors (Lipinski definition) is 1. The molecule has 86 valence electrons. The summed E-state index contributed by atoms with van der Waals surface area (Å²) < 4.78 is 27.2. The second-order valence-electron chi connectivity index (χ2n) is 3.94. The van der Waals surface area contributed by atoms with Crippen molar-refractivity contribution in [3.63, 3.8) is 0 Å². The first-order valence-electron chi connectivity index (χ1n) is 4.72. The Hall–Kier alpha value is -0.920. The summed E-state index contributed by atoms with van der Waals surface area (Å²) in [6.07, 6.45) is 5.27. The van der Waals surface area contributed by atoms with Gasteiger partial charge in [-0.3, -0.25) is 5.32 Å². The molecule has 1 aromatic carbocycles. The molecule has 0 atom stereocenters. The molecular formula is C12H12BrF2N. The van der Waals surface area contributed by atoms with Gasteiger partial charge in [0, 0.05) is 12.1 Å². The summed E-state index contributed by atoms with van der Waals surface area (Å²) in [6.45, 7) is 3.58. The topological polar surface area (TPSA) is 12.0 Å². The fourth-order valence-corrected chi connectivity index (χ4v) is 1.46. The van der Waals surface area contributed by atoms with E-state index in [9.17, 15) is 8.78 Å². The van der Waals surface area contributed by atoms with Crippen LogP contribution < -0.4 is 5.32 Å². The summed E-state index contributed by atoms with van der Waals surface area (Å²) in [6, 6.07) is 2.55. The fraction of sp³-hybridized carbons (Fsp3) is 0.333. The van der Waals surface area contributed by atoms with Crippen molar-refractivity contribution in [2.24, 2.45) is 0 Å². The second-order valence-corrected chi connectivity index (χ2v) is 4.80. The van der Waals surface area contributed by atoms with Crippen LogP contribution in [0.5, 0.6) is 0 Å². The third-order valence-electron chi connectivity index (χ3n) is 2.21. The van der Waals surface area contributed by atoms with Gasteiger partial charge in [-0.05, 0) is 41.9 Å². The van der Waals surface area contributed by atoms with Gasteiger partial charge in [-0.1, -0.05) is 5.92 Å². The molecule has 1 N–H and O–H groups in total. The molecule has 0 fully saturated rings. The fourth-order valence-electron chi connectivity index (χ4n) is 1.09. The molecule has 0 aliphatic rings. The van der Waals surface area contributed by atoms with Gasteiger partial charge in [0.15, 0.2) is 0 Å². The minimum absolute atomic E-state index is 0.0160. The van der Waals surface area contributed by atoms with Crippen LogP contribution in [0.2, 0.25) is 0 Å². The van der Waals surface area contributed by atoms with Gasteiger partial charge >= 0.3 is 0 Å². The van der Waals surface area contributed by atoms with Gasteiger partial charge in [0.25, 0.3) is 0 Å². The van der Waals surface area contributed by atoms with E-state index in [1.165, 1.54) is 12.1 Å². The van der Waals surface area contributed by atoms with Gasteiger partial charge in [0.05, 0.1) is 10.0 Å². The predicted octanol–water partition coefficient (Wildman–Crippen LogP) is 3.23. The second kappa shape index (κ2) is 4.94. The van der Waals surface area contributed by atoms with Crippen molar-refractivity contribution < 1.29 is 8.78 Å². The molecule has 0 spiro atoms. The van der Waals surface area contributed by atoms with Crippen LogP contribution in [0.3, 0.4) is 0 Å². The van der Waals surface area contributed by atoms with Gasteiger partial charge in [0.1, 0.15) is 11.6 Å². The molecular weight excluding hydrogens is 276 g/mol. The lowest BCUT2D eigenvalue weighted by atomic mass is 10.1. The summed E-state index contributed by atoms with van der Waals surface area (Å²) in [5.74, 6) is 1.32. The molecule has 0 aliphatic carbocycles. The van der Waals surface area contributed by atoms with Crippen molar-refractivity contribution in [1.82, 2.24) is 5.32 Å². The van der Waals surface area contributed by atoms with Crippen molar-refractivity contribution in [3.8, 4) is 12.3 Å². The van der Waals surface area contributed by atoms with Crippen LogP contribution in [0.25, 0.3) is 0 Å². The van der Waals surface area contributed by atoms with E-state index >= 15 is 0 Å². The average molecular weight is 288 g/mol. The Labute approximate surface area is 102 Å². The lowest BCUT2D eigenvalue weighted by molar-refractivity contribution is 0.462. The molecule has 1 nitrogen and oxygen atoms in total. The maximum Gasteiger partial charge on any atom is 0.144 e. The molecule has 0 bridgehead atoms. The van der Waals surface area contributed by atoms with E-state index in [0.717, 1.165) is 0 Å². The molecule has 0 unspecified atom stereocenters. The van der Waals surface area contributed by atoms with E-state index in [1.807, 2.05) is 0 Å². The zero-order valence-corrected chi connectivity index (χ0v) is 10.7. The zero-order valence-electron chi connectivity index (χ0n) is 9.07. The van der Waals surface area contributed by atoms with E-state index in [2.05, 4.69) is 27.2 Å². The number of nitrogens with one attached hydrogen (secondary N) is 1. The van der Waals surface area contributed by atoms with Crippen LogP contribution in [0.1, 0.15) is 19.4 Å². The molecule has 0 aromatic heterocycles. The van der Waals surface area contributed by atoms with E-state index in [0.29, 0.717) is 0 Å². The van der Waals surface area contributed by atoms with Gasteiger partial charge in [-0.2, -0.15) is 0 Å². The molecule has 4 heteroatoms. The Kier molecular flexibility index (Phi) is 4.06. The Bertz CT molecular complexity index is 435. The van der Waals surface area contributed by atoms with Crippen LogP contribution in [0.4, 0.5) is 8.78 Å². The van der Waals surface area contributed by atoms with Crippen molar-refractivity contribution in [3.05, 3.63) is 33.8 Å². The smallest absolute Gasteiger partial charge is 0.144 e. The predicted molar refractivity (Wildman–Crippen MR) is 63.8 cm³/mol. The number of benzene rings is 1. The molecule has 0 aliphatic heterocycles. The highest BCUT2D eigenvalue weighted by molar-refractivity contribution is 9.10. The van der Waals surface area contributed by atoms with Gasteiger partial charge in [-0.15, -0.1) is 6.42 Å². The summed E-state index contributed by atoms with van der Waals surface area (Å²) in [5.41, 5.74) is -0.612. The highest BCUT2D eigenvalue weighted by atomic mass is 79.9. The van der Waals surface area contributed by atoms with Crippen LogP contribution in [0.15, 0.2) is 16.6 Å². The molecule has 0 heterocycles. The summed E-state index contributed by atoms with van der Waals surface area (Å²) in [7, 11) is 0. The summed E-state index contributed by atoms with van der Waals surface area (Å²) in [4.78, 5) is 0. The summed E-state index contributed by atoms with van der Waals surface area (Å²) in [5, 5.41) is 2.90. The third kappa shape index (κ3) is 3.03. The first-order chi connectivity index (χ1) is 7.37. The Balaban J connectivity index is 2.91. The lowest BCUT2D eigenvalue weighted by Gasteiger charge is -2.20. The number of terminal acetylenes is 1. The van der Waals surface area contributed by atoms with E-state index in [4.69, 9.17) is 6.42 Å². The molecule has 1 rings (SSSR count). The minimum atomic E-state index is -0.597. The van der Waals surface area contributed by atoms with E-state index in [1.54, 1.807) is 13.8 Å². The average Bonchev–Trinajstić information content (AvgIpc) is 2.24. The largest absolute Gasteiger partial charge is 0.297 e. The Morgan fingerprint density at radius 2 is 2.06 bits per heavy atom. The van der Waals surface area contributed by atoms with Crippen LogP contribution in [-0.4, -0.2) is 5.54 Å². The van der Waals surface area contributed by atoms with E-state index in [-0.39, 0.29) is 16.6 Å².